The van der Waals surface area contributed by atoms with Gasteiger partial charge in [-0.3, -0.25) is 0 Å². The molecule has 0 atom stereocenters. The predicted molar refractivity (Wildman–Crippen MR) is 55.6 cm³/mol. The molecule has 1 aromatic carbocycles. The predicted octanol–water partition coefficient (Wildman–Crippen LogP) is 2.75. The first-order valence-electron chi connectivity index (χ1n) is 3.76. The van der Waals surface area contributed by atoms with Crippen molar-refractivity contribution in [3.8, 4) is 0 Å². The molecule has 0 heterocycles. The van der Waals surface area contributed by atoms with E-state index < -0.39 is 5.97 Å². The van der Waals surface area contributed by atoms with Crippen LogP contribution < -0.4 is 0 Å². The van der Waals surface area contributed by atoms with Crippen LogP contribution in [0.5, 0.6) is 0 Å². The molecule has 4 nitrogen and oxygen atoms in total. The second kappa shape index (κ2) is 4.94. The van der Waals surface area contributed by atoms with Crippen molar-refractivity contribution >= 4 is 40.9 Å². The van der Waals surface area contributed by atoms with Crippen LogP contribution in [-0.4, -0.2) is 19.2 Å². The van der Waals surface area contributed by atoms with Crippen LogP contribution in [0.2, 0.25) is 10.0 Å². The zero-order valence-electron chi connectivity index (χ0n) is 7.58. The summed E-state index contributed by atoms with van der Waals surface area (Å²) in [5.74, 6) is -0.626. The van der Waals surface area contributed by atoms with E-state index in [0.717, 1.165) is 0 Å². The van der Waals surface area contributed by atoms with Crippen LogP contribution in [0.4, 0.5) is 5.69 Å². The third-order valence-electron chi connectivity index (χ3n) is 1.63. The van der Waals surface area contributed by atoms with Gasteiger partial charge in [-0.25, -0.2) is 9.59 Å². The third kappa shape index (κ3) is 2.36. The maximum absolute atomic E-state index is 11.2. The van der Waals surface area contributed by atoms with Gasteiger partial charge in [-0.05, 0) is 12.1 Å². The number of esters is 1. The van der Waals surface area contributed by atoms with Gasteiger partial charge in [0.2, 0.25) is 6.08 Å². The van der Waals surface area contributed by atoms with Gasteiger partial charge in [-0.2, -0.15) is 4.99 Å². The first-order chi connectivity index (χ1) is 7.11. The molecule has 0 saturated heterocycles. The number of methoxy groups -OCH3 is 1. The van der Waals surface area contributed by atoms with Crippen LogP contribution in [0.25, 0.3) is 0 Å². The highest BCUT2D eigenvalue weighted by atomic mass is 35.5. The van der Waals surface area contributed by atoms with E-state index in [0.29, 0.717) is 0 Å². The summed E-state index contributed by atoms with van der Waals surface area (Å²) < 4.78 is 4.48. The average molecular weight is 246 g/mol. The molecule has 0 unspecified atom stereocenters. The monoisotopic (exact) mass is 245 g/mol. The Bertz CT molecular complexity index is 453. The van der Waals surface area contributed by atoms with Crippen molar-refractivity contribution in [2.45, 2.75) is 0 Å². The summed E-state index contributed by atoms with van der Waals surface area (Å²) in [6, 6.07) is 2.79. The summed E-state index contributed by atoms with van der Waals surface area (Å²) in [7, 11) is 1.22. The number of isocyanates is 1. The van der Waals surface area contributed by atoms with E-state index >= 15 is 0 Å². The molecule has 0 aliphatic rings. The van der Waals surface area contributed by atoms with Crippen LogP contribution in [-0.2, 0) is 9.53 Å². The highest BCUT2D eigenvalue weighted by molar-refractivity contribution is 6.40. The van der Waals surface area contributed by atoms with E-state index in [2.05, 4.69) is 9.73 Å². The van der Waals surface area contributed by atoms with Gasteiger partial charge in [0.05, 0.1) is 22.7 Å². The molecule has 15 heavy (non-hydrogen) atoms. The SMILES string of the molecule is COC(=O)c1ccc(Cl)c(N=C=O)c1Cl. The van der Waals surface area contributed by atoms with E-state index in [9.17, 15) is 9.59 Å². The molecule has 0 bridgehead atoms. The van der Waals surface area contributed by atoms with Crippen LogP contribution >= 0.6 is 23.2 Å². The zero-order chi connectivity index (χ0) is 11.4. The minimum absolute atomic E-state index is 0.0104. The van der Waals surface area contributed by atoms with Crippen molar-refractivity contribution < 1.29 is 14.3 Å². The van der Waals surface area contributed by atoms with Gasteiger partial charge in [0.25, 0.3) is 0 Å². The van der Waals surface area contributed by atoms with Gasteiger partial charge in [0.1, 0.15) is 5.69 Å². The Balaban J connectivity index is 3.40. The van der Waals surface area contributed by atoms with Gasteiger partial charge in [0.15, 0.2) is 0 Å². The van der Waals surface area contributed by atoms with Crippen molar-refractivity contribution in [1.29, 1.82) is 0 Å². The number of halogens is 2. The molecule has 0 saturated carbocycles. The van der Waals surface area contributed by atoms with Gasteiger partial charge in [-0.1, -0.05) is 23.2 Å². The Kier molecular flexibility index (Phi) is 3.86. The Morgan fingerprint density at radius 3 is 2.67 bits per heavy atom. The molecular formula is C9H5Cl2NO3. The van der Waals surface area contributed by atoms with Crippen LogP contribution in [0.1, 0.15) is 10.4 Å². The van der Waals surface area contributed by atoms with Crippen molar-refractivity contribution in [3.63, 3.8) is 0 Å². The lowest BCUT2D eigenvalue weighted by molar-refractivity contribution is 0.0601. The molecule has 6 heteroatoms. The fourth-order valence-corrected chi connectivity index (χ4v) is 1.49. The molecular weight excluding hydrogens is 241 g/mol. The van der Waals surface area contributed by atoms with Gasteiger partial charge in [0, 0.05) is 0 Å². The van der Waals surface area contributed by atoms with Crippen molar-refractivity contribution in [3.05, 3.63) is 27.7 Å². The van der Waals surface area contributed by atoms with Gasteiger partial charge in [-0.15, -0.1) is 0 Å². The van der Waals surface area contributed by atoms with Crippen molar-refractivity contribution in [2.24, 2.45) is 4.99 Å². The van der Waals surface area contributed by atoms with Gasteiger partial charge >= 0.3 is 5.97 Å². The molecule has 1 aromatic rings. The van der Waals surface area contributed by atoms with Crippen molar-refractivity contribution in [1.82, 2.24) is 0 Å². The fraction of sp³-hybridized carbons (Fsp3) is 0.111. The summed E-state index contributed by atoms with van der Waals surface area (Å²) in [5.41, 5.74) is 0.105. The lowest BCUT2D eigenvalue weighted by Crippen LogP contribution is -2.01. The van der Waals surface area contributed by atoms with E-state index in [1.54, 1.807) is 0 Å². The highest BCUT2D eigenvalue weighted by Crippen LogP contribution is 2.35. The second-order valence-corrected chi connectivity index (χ2v) is 3.24. The van der Waals surface area contributed by atoms with Gasteiger partial charge < -0.3 is 4.74 Å². The van der Waals surface area contributed by atoms with Crippen LogP contribution in [0, 0.1) is 0 Å². The highest BCUT2D eigenvalue weighted by Gasteiger charge is 2.16. The number of nitrogens with zero attached hydrogens (tertiary/aromatic N) is 1. The summed E-state index contributed by atoms with van der Waals surface area (Å²) in [6.07, 6.45) is 1.30. The van der Waals surface area contributed by atoms with E-state index in [1.165, 1.54) is 25.3 Å². The normalized spacial score (nSPS) is 9.27. The Labute approximate surface area is 95.5 Å². The molecule has 0 fully saturated rings. The minimum Gasteiger partial charge on any atom is -0.465 e. The maximum atomic E-state index is 11.2. The lowest BCUT2D eigenvalue weighted by atomic mass is 10.2. The van der Waals surface area contributed by atoms with Crippen LogP contribution in [0.3, 0.4) is 0 Å². The number of rotatable bonds is 2. The number of hydrogen-bond acceptors (Lipinski definition) is 4. The molecule has 0 aliphatic carbocycles. The fourth-order valence-electron chi connectivity index (χ4n) is 0.957. The smallest absolute Gasteiger partial charge is 0.339 e. The molecule has 0 aromatic heterocycles. The Morgan fingerprint density at radius 2 is 2.13 bits per heavy atom. The van der Waals surface area contributed by atoms with Crippen LogP contribution in [0.15, 0.2) is 17.1 Å². The molecule has 1 rings (SSSR count). The summed E-state index contributed by atoms with van der Waals surface area (Å²) >= 11 is 11.5. The summed E-state index contributed by atoms with van der Waals surface area (Å²) in [6.45, 7) is 0. The molecule has 0 spiro atoms. The quantitative estimate of drug-likeness (QED) is 0.458. The van der Waals surface area contributed by atoms with E-state index in [1.807, 2.05) is 0 Å². The first-order valence-corrected chi connectivity index (χ1v) is 4.51. The van der Waals surface area contributed by atoms with Crippen molar-refractivity contribution in [2.75, 3.05) is 7.11 Å². The zero-order valence-corrected chi connectivity index (χ0v) is 9.09. The first kappa shape index (κ1) is 11.7. The van der Waals surface area contributed by atoms with E-state index in [-0.39, 0.29) is 21.3 Å². The summed E-state index contributed by atoms with van der Waals surface area (Å²) in [5, 5.41) is 0.133. The Hall–Kier alpha value is -1.35. The summed E-state index contributed by atoms with van der Waals surface area (Å²) in [4.78, 5) is 24.6. The number of carbonyl (C=O) groups excluding carboxylic acids is 2. The third-order valence-corrected chi connectivity index (χ3v) is 2.32. The minimum atomic E-state index is -0.626. The topological polar surface area (TPSA) is 55.7 Å². The molecule has 0 aliphatic heterocycles. The second-order valence-electron chi connectivity index (χ2n) is 2.45. The van der Waals surface area contributed by atoms with E-state index in [4.69, 9.17) is 23.2 Å². The number of benzene rings is 1. The number of hydrogen-bond donors (Lipinski definition) is 0. The molecule has 0 N–H and O–H groups in total. The molecule has 78 valence electrons. The number of aliphatic imine (C=N–C) groups is 1. The number of carbonyl (C=O) groups is 1. The number of ether oxygens (including phenoxy) is 1. The average Bonchev–Trinajstić information content (AvgIpc) is 2.23. The lowest BCUT2D eigenvalue weighted by Gasteiger charge is -2.04. The molecule has 0 amide bonds. The Morgan fingerprint density at radius 1 is 1.47 bits per heavy atom. The standard InChI is InChI=1S/C9H5Cl2NO3/c1-15-9(14)5-2-3-6(10)8(7(5)11)12-4-13/h2-3H,1H3. The molecule has 0 radical (unpaired) electrons. The maximum Gasteiger partial charge on any atom is 0.339 e. The largest absolute Gasteiger partial charge is 0.465 e.